The molecule has 6 aromatic carbocycles. The summed E-state index contributed by atoms with van der Waals surface area (Å²) >= 11 is 0. The molecule has 0 atom stereocenters. The third-order valence-corrected chi connectivity index (χ3v) is 7.45. The molecule has 2 heteroatoms. The molecule has 0 saturated carbocycles. The zero-order valence-corrected chi connectivity index (χ0v) is 19.6. The summed E-state index contributed by atoms with van der Waals surface area (Å²) in [5.74, 6) is 0. The standard InChI is InChI=1S/C34H22N2/c1-3-11-25(12-4-1)35-31-17-9-7-15-27(31)29-19-23-20-30-28-16-8-10-18-32(28)36(26-13-5-2-6-14-26)34(30)22-24(23)21-33(29)35/h1-22H. The monoisotopic (exact) mass is 458 g/mol. The summed E-state index contributed by atoms with van der Waals surface area (Å²) in [6.45, 7) is 0. The molecule has 0 aliphatic heterocycles. The molecule has 0 N–H and O–H groups in total. The average molecular weight is 459 g/mol. The van der Waals surface area contributed by atoms with E-state index >= 15 is 0 Å². The van der Waals surface area contributed by atoms with Gasteiger partial charge < -0.3 is 9.13 Å². The highest BCUT2D eigenvalue weighted by atomic mass is 15.0. The second kappa shape index (κ2) is 7.34. The molecule has 0 radical (unpaired) electrons. The fourth-order valence-corrected chi connectivity index (χ4v) is 5.89. The van der Waals surface area contributed by atoms with Crippen molar-refractivity contribution in [2.45, 2.75) is 0 Å². The Kier molecular flexibility index (Phi) is 3.97. The summed E-state index contributed by atoms with van der Waals surface area (Å²) in [4.78, 5) is 0. The number of nitrogens with zero attached hydrogens (tertiary/aromatic N) is 2. The van der Waals surface area contributed by atoms with Crippen LogP contribution in [0.15, 0.2) is 133 Å². The van der Waals surface area contributed by atoms with E-state index in [2.05, 4.69) is 143 Å². The van der Waals surface area contributed by atoms with Crippen molar-refractivity contribution in [2.24, 2.45) is 0 Å². The van der Waals surface area contributed by atoms with E-state index in [-0.39, 0.29) is 0 Å². The predicted octanol–water partition coefficient (Wildman–Crippen LogP) is 9.03. The topological polar surface area (TPSA) is 9.86 Å². The second-order valence-corrected chi connectivity index (χ2v) is 9.46. The molecule has 0 amide bonds. The van der Waals surface area contributed by atoms with Gasteiger partial charge in [0.2, 0.25) is 0 Å². The van der Waals surface area contributed by atoms with Crippen molar-refractivity contribution in [3.05, 3.63) is 133 Å². The molecule has 0 aliphatic carbocycles. The molecule has 0 fully saturated rings. The van der Waals surface area contributed by atoms with Gasteiger partial charge in [0.25, 0.3) is 0 Å². The number of rotatable bonds is 2. The van der Waals surface area contributed by atoms with Gasteiger partial charge in [0, 0.05) is 32.9 Å². The van der Waals surface area contributed by atoms with Gasteiger partial charge in [-0.3, -0.25) is 0 Å². The Morgan fingerprint density at radius 1 is 0.306 bits per heavy atom. The van der Waals surface area contributed by atoms with Crippen LogP contribution < -0.4 is 0 Å². The summed E-state index contributed by atoms with van der Waals surface area (Å²) < 4.78 is 4.78. The van der Waals surface area contributed by atoms with E-state index in [1.807, 2.05) is 0 Å². The van der Waals surface area contributed by atoms with Crippen LogP contribution in [0.1, 0.15) is 0 Å². The highest BCUT2D eigenvalue weighted by Gasteiger charge is 2.16. The van der Waals surface area contributed by atoms with Crippen LogP contribution in [-0.2, 0) is 0 Å². The first-order valence-electron chi connectivity index (χ1n) is 12.4. The van der Waals surface area contributed by atoms with E-state index < -0.39 is 0 Å². The van der Waals surface area contributed by atoms with Gasteiger partial charge in [-0.15, -0.1) is 0 Å². The number of benzene rings is 6. The van der Waals surface area contributed by atoms with Crippen molar-refractivity contribution in [3.63, 3.8) is 0 Å². The highest BCUT2D eigenvalue weighted by molar-refractivity contribution is 6.18. The molecular weight excluding hydrogens is 436 g/mol. The number of aromatic nitrogens is 2. The highest BCUT2D eigenvalue weighted by Crippen LogP contribution is 2.38. The zero-order valence-electron chi connectivity index (χ0n) is 19.6. The lowest BCUT2D eigenvalue weighted by Crippen LogP contribution is -1.94. The van der Waals surface area contributed by atoms with Crippen molar-refractivity contribution in [2.75, 3.05) is 0 Å². The van der Waals surface area contributed by atoms with Crippen LogP contribution in [0.5, 0.6) is 0 Å². The SMILES string of the molecule is c1ccc(-n2c3ccccc3c3cc4cc5c6ccccc6n(-c6ccccc6)c5cc4cc32)cc1. The molecule has 2 heterocycles. The predicted molar refractivity (Wildman–Crippen MR) is 153 cm³/mol. The third kappa shape index (κ3) is 2.67. The average Bonchev–Trinajstić information content (AvgIpc) is 3.43. The molecule has 0 bridgehead atoms. The van der Waals surface area contributed by atoms with Crippen LogP contribution in [0.3, 0.4) is 0 Å². The molecule has 8 rings (SSSR count). The Morgan fingerprint density at radius 3 is 1.17 bits per heavy atom. The zero-order chi connectivity index (χ0) is 23.6. The Morgan fingerprint density at radius 2 is 0.694 bits per heavy atom. The second-order valence-electron chi connectivity index (χ2n) is 9.46. The number of para-hydroxylation sites is 4. The summed E-state index contributed by atoms with van der Waals surface area (Å²) in [6.07, 6.45) is 0. The lowest BCUT2D eigenvalue weighted by Gasteiger charge is -2.10. The first-order valence-corrected chi connectivity index (χ1v) is 12.4. The Bertz CT molecular complexity index is 1930. The minimum absolute atomic E-state index is 1.18. The van der Waals surface area contributed by atoms with Crippen LogP contribution in [0.4, 0.5) is 0 Å². The van der Waals surface area contributed by atoms with Crippen molar-refractivity contribution < 1.29 is 0 Å². The maximum atomic E-state index is 2.39. The van der Waals surface area contributed by atoms with Crippen molar-refractivity contribution in [1.29, 1.82) is 0 Å². The molecule has 2 nitrogen and oxygen atoms in total. The van der Waals surface area contributed by atoms with Crippen molar-refractivity contribution in [3.8, 4) is 11.4 Å². The van der Waals surface area contributed by atoms with E-state index in [0.717, 1.165) is 0 Å². The van der Waals surface area contributed by atoms with Gasteiger partial charge in [-0.2, -0.15) is 0 Å². The molecule has 8 aromatic rings. The first kappa shape index (κ1) is 19.5. The largest absolute Gasteiger partial charge is 0.309 e. The minimum atomic E-state index is 1.18. The molecule has 0 spiro atoms. The van der Waals surface area contributed by atoms with Gasteiger partial charge in [-0.05, 0) is 71.4 Å². The van der Waals surface area contributed by atoms with Gasteiger partial charge >= 0.3 is 0 Å². The Balaban J connectivity index is 1.53. The minimum Gasteiger partial charge on any atom is -0.309 e. The molecule has 2 aromatic heterocycles. The summed E-state index contributed by atoms with van der Waals surface area (Å²) in [5.41, 5.74) is 7.30. The van der Waals surface area contributed by atoms with Crippen LogP contribution >= 0.6 is 0 Å². The van der Waals surface area contributed by atoms with E-state index in [1.54, 1.807) is 0 Å². The molecular formula is C34H22N2. The Labute approximate surface area is 208 Å². The van der Waals surface area contributed by atoms with Crippen molar-refractivity contribution >= 4 is 54.4 Å². The van der Waals surface area contributed by atoms with Crippen LogP contribution in [-0.4, -0.2) is 9.13 Å². The lowest BCUT2D eigenvalue weighted by atomic mass is 10.0. The summed E-state index contributed by atoms with van der Waals surface area (Å²) in [7, 11) is 0. The normalized spacial score (nSPS) is 11.9. The van der Waals surface area contributed by atoms with Gasteiger partial charge in [0.05, 0.1) is 22.1 Å². The fourth-order valence-electron chi connectivity index (χ4n) is 5.89. The molecule has 168 valence electrons. The quantitative estimate of drug-likeness (QED) is 0.244. The van der Waals surface area contributed by atoms with E-state index in [1.165, 1.54) is 65.8 Å². The van der Waals surface area contributed by atoms with Gasteiger partial charge in [0.15, 0.2) is 0 Å². The van der Waals surface area contributed by atoms with Crippen molar-refractivity contribution in [1.82, 2.24) is 9.13 Å². The summed E-state index contributed by atoms with van der Waals surface area (Å²) in [6, 6.07) is 48.3. The number of hydrogen-bond acceptors (Lipinski definition) is 0. The third-order valence-electron chi connectivity index (χ3n) is 7.45. The Hall–Kier alpha value is -4.82. The van der Waals surface area contributed by atoms with Gasteiger partial charge in [-0.1, -0.05) is 72.8 Å². The van der Waals surface area contributed by atoms with Crippen LogP contribution in [0, 0.1) is 0 Å². The molecule has 0 unspecified atom stereocenters. The molecule has 36 heavy (non-hydrogen) atoms. The van der Waals surface area contributed by atoms with Gasteiger partial charge in [0.1, 0.15) is 0 Å². The smallest absolute Gasteiger partial charge is 0.0547 e. The summed E-state index contributed by atoms with van der Waals surface area (Å²) in [5, 5.41) is 7.65. The maximum Gasteiger partial charge on any atom is 0.0547 e. The number of hydrogen-bond donors (Lipinski definition) is 0. The van der Waals surface area contributed by atoms with Crippen LogP contribution in [0.2, 0.25) is 0 Å². The van der Waals surface area contributed by atoms with E-state index in [0.29, 0.717) is 0 Å². The van der Waals surface area contributed by atoms with Gasteiger partial charge in [-0.25, -0.2) is 0 Å². The van der Waals surface area contributed by atoms with Crippen LogP contribution in [0.25, 0.3) is 65.8 Å². The van der Waals surface area contributed by atoms with E-state index in [9.17, 15) is 0 Å². The molecule has 0 aliphatic rings. The number of fused-ring (bicyclic) bond motifs is 7. The maximum absolute atomic E-state index is 2.39. The first-order chi connectivity index (χ1) is 17.9. The lowest BCUT2D eigenvalue weighted by molar-refractivity contribution is 1.18. The fraction of sp³-hybridized carbons (Fsp3) is 0. The molecule has 0 saturated heterocycles. The van der Waals surface area contributed by atoms with E-state index in [4.69, 9.17) is 0 Å².